The summed E-state index contributed by atoms with van der Waals surface area (Å²) in [7, 11) is 0. The van der Waals surface area contributed by atoms with Crippen LogP contribution in [-0.4, -0.2) is 46.4 Å². The highest BCUT2D eigenvalue weighted by Crippen LogP contribution is 2.23. The van der Waals surface area contributed by atoms with E-state index in [2.05, 4.69) is 25.9 Å². The van der Waals surface area contributed by atoms with Gasteiger partial charge in [-0.25, -0.2) is 9.98 Å². The summed E-state index contributed by atoms with van der Waals surface area (Å²) in [5.74, 6) is -1.25. The molecule has 1 heterocycles. The maximum atomic E-state index is 12.8. The summed E-state index contributed by atoms with van der Waals surface area (Å²) in [5, 5.41) is 17.9. The van der Waals surface area contributed by atoms with Gasteiger partial charge in [0.25, 0.3) is 0 Å². The molecule has 2 amide bonds. The number of amides is 2. The van der Waals surface area contributed by atoms with Crippen LogP contribution in [0.5, 0.6) is 0 Å². The topological polar surface area (TPSA) is 185 Å². The first-order chi connectivity index (χ1) is 18.7. The van der Waals surface area contributed by atoms with Crippen LogP contribution in [0.3, 0.4) is 0 Å². The predicted molar refractivity (Wildman–Crippen MR) is 150 cm³/mol. The molecule has 0 fully saturated rings. The van der Waals surface area contributed by atoms with Crippen molar-refractivity contribution in [3.8, 4) is 11.1 Å². The Morgan fingerprint density at radius 3 is 2.26 bits per heavy atom. The quantitative estimate of drug-likeness (QED) is 0.110. The number of nitrogens with two attached hydrogens (primary N) is 2. The summed E-state index contributed by atoms with van der Waals surface area (Å²) in [6.07, 6.45) is 1.93. The minimum absolute atomic E-state index is 0.0543. The van der Waals surface area contributed by atoms with Crippen molar-refractivity contribution in [3.63, 3.8) is 0 Å². The summed E-state index contributed by atoms with van der Waals surface area (Å²) in [4.78, 5) is 44.7. The number of aromatic nitrogens is 1. The summed E-state index contributed by atoms with van der Waals surface area (Å²) in [5.41, 5.74) is 13.9. The van der Waals surface area contributed by atoms with E-state index in [1.807, 2.05) is 42.5 Å². The molecule has 0 aliphatic rings. The number of rotatable bonds is 13. The van der Waals surface area contributed by atoms with Gasteiger partial charge in [-0.1, -0.05) is 54.6 Å². The number of nitrogens with one attached hydrogen (secondary N) is 3. The lowest BCUT2D eigenvalue weighted by Gasteiger charge is -2.21. The van der Waals surface area contributed by atoms with E-state index in [1.165, 1.54) is 6.20 Å². The van der Waals surface area contributed by atoms with Gasteiger partial charge >= 0.3 is 5.97 Å². The number of aliphatic carboxylic acids is 1. The summed E-state index contributed by atoms with van der Waals surface area (Å²) in [6, 6.07) is 19.0. The highest BCUT2D eigenvalue weighted by atomic mass is 16.4. The van der Waals surface area contributed by atoms with Gasteiger partial charge in [0.2, 0.25) is 11.8 Å². The van der Waals surface area contributed by atoms with Crippen LogP contribution in [-0.2, 0) is 14.4 Å². The van der Waals surface area contributed by atoms with Crippen molar-refractivity contribution in [1.82, 2.24) is 15.6 Å². The number of hydrogen-bond acceptors (Lipinski definition) is 6. The first-order valence-corrected chi connectivity index (χ1v) is 12.5. The average Bonchev–Trinajstić information content (AvgIpc) is 2.91. The molecule has 1 unspecified atom stereocenters. The molecule has 8 N–H and O–H groups in total. The van der Waals surface area contributed by atoms with E-state index in [4.69, 9.17) is 11.5 Å². The number of aliphatic imine (C=N–C) groups is 1. The molecule has 1 aromatic heterocycles. The zero-order chi connectivity index (χ0) is 28.2. The van der Waals surface area contributed by atoms with Gasteiger partial charge in [0, 0.05) is 13.0 Å². The van der Waals surface area contributed by atoms with Crippen molar-refractivity contribution in [2.45, 2.75) is 38.3 Å². The Balaban J connectivity index is 1.47. The van der Waals surface area contributed by atoms with Crippen LogP contribution >= 0.6 is 0 Å². The monoisotopic (exact) mass is 531 g/mol. The van der Waals surface area contributed by atoms with Crippen LogP contribution in [0.15, 0.2) is 77.9 Å². The molecule has 3 rings (SSSR count). The number of carbonyl (C=O) groups is 3. The van der Waals surface area contributed by atoms with Gasteiger partial charge in [-0.15, -0.1) is 0 Å². The van der Waals surface area contributed by atoms with Gasteiger partial charge in [0.15, 0.2) is 5.96 Å². The van der Waals surface area contributed by atoms with E-state index in [1.54, 1.807) is 31.2 Å². The number of carbonyl (C=O) groups excluding carboxylic acids is 2. The van der Waals surface area contributed by atoms with E-state index >= 15 is 0 Å². The summed E-state index contributed by atoms with van der Waals surface area (Å²) < 4.78 is 0. The first kappa shape index (κ1) is 28.6. The lowest BCUT2D eigenvalue weighted by Crippen LogP contribution is -2.46. The standard InChI is InChI=1S/C28H33N7O4/c1-18(33-25(36)8-5-15-31-24-14-13-22(17-32-24)34-28(29)30)27(39)35-23(16-26(37)38)21-11-9-20(10-12-21)19-6-3-2-4-7-19/h2-4,6-7,9-14,17-18,23H,5,8,15-16H2,1H3,(H,31,32)(H,33,36)(H,35,39)(H,37,38)(H4,29,30,34)/t18-,23?/m0/s1. The fourth-order valence-corrected chi connectivity index (χ4v) is 3.81. The van der Waals surface area contributed by atoms with E-state index in [0.29, 0.717) is 30.0 Å². The van der Waals surface area contributed by atoms with Gasteiger partial charge in [-0.3, -0.25) is 14.4 Å². The SMILES string of the molecule is C[C@H](NC(=O)CCCNc1ccc(N=C(N)N)cn1)C(=O)NC(CC(=O)O)c1ccc(-c2ccccc2)cc1. The maximum Gasteiger partial charge on any atom is 0.305 e. The Labute approximate surface area is 226 Å². The van der Waals surface area contributed by atoms with Crippen LogP contribution in [0.2, 0.25) is 0 Å². The molecule has 204 valence electrons. The Morgan fingerprint density at radius 1 is 0.949 bits per heavy atom. The van der Waals surface area contributed by atoms with E-state index in [0.717, 1.165) is 11.1 Å². The smallest absolute Gasteiger partial charge is 0.305 e. The largest absolute Gasteiger partial charge is 0.481 e. The van der Waals surface area contributed by atoms with Gasteiger partial charge < -0.3 is 32.5 Å². The van der Waals surface area contributed by atoms with E-state index < -0.39 is 24.0 Å². The third-order valence-electron chi connectivity index (χ3n) is 5.78. The van der Waals surface area contributed by atoms with Crippen molar-refractivity contribution in [1.29, 1.82) is 0 Å². The molecule has 0 saturated heterocycles. The Hall–Kier alpha value is -4.93. The molecule has 0 saturated carbocycles. The number of hydrogen-bond donors (Lipinski definition) is 6. The predicted octanol–water partition coefficient (Wildman–Crippen LogP) is 2.68. The molecule has 2 aromatic carbocycles. The first-order valence-electron chi connectivity index (χ1n) is 12.5. The average molecular weight is 532 g/mol. The zero-order valence-electron chi connectivity index (χ0n) is 21.6. The van der Waals surface area contributed by atoms with Crippen LogP contribution in [0, 0.1) is 0 Å². The van der Waals surface area contributed by atoms with Crippen LogP contribution in [0.25, 0.3) is 11.1 Å². The van der Waals surface area contributed by atoms with Crippen molar-refractivity contribution in [2.75, 3.05) is 11.9 Å². The fraction of sp³-hybridized carbons (Fsp3) is 0.250. The lowest BCUT2D eigenvalue weighted by molar-refractivity contribution is -0.138. The Kier molecular flexibility index (Phi) is 10.4. The highest BCUT2D eigenvalue weighted by molar-refractivity contribution is 5.88. The Morgan fingerprint density at radius 2 is 1.64 bits per heavy atom. The third-order valence-corrected chi connectivity index (χ3v) is 5.78. The van der Waals surface area contributed by atoms with Crippen molar-refractivity contribution < 1.29 is 19.5 Å². The minimum Gasteiger partial charge on any atom is -0.481 e. The minimum atomic E-state index is -1.04. The molecular weight excluding hydrogens is 498 g/mol. The summed E-state index contributed by atoms with van der Waals surface area (Å²) >= 11 is 0. The number of nitrogens with zero attached hydrogens (tertiary/aromatic N) is 2. The number of carboxylic acid groups (broad SMARTS) is 1. The summed E-state index contributed by atoms with van der Waals surface area (Å²) in [6.45, 7) is 2.05. The lowest BCUT2D eigenvalue weighted by atomic mass is 9.99. The number of anilines is 1. The fourth-order valence-electron chi connectivity index (χ4n) is 3.81. The molecule has 2 atom stereocenters. The normalized spacial score (nSPS) is 12.0. The number of carboxylic acids is 1. The zero-order valence-corrected chi connectivity index (χ0v) is 21.6. The van der Waals surface area contributed by atoms with Crippen molar-refractivity contribution in [2.24, 2.45) is 16.5 Å². The van der Waals surface area contributed by atoms with Crippen molar-refractivity contribution in [3.05, 3.63) is 78.5 Å². The van der Waals surface area contributed by atoms with E-state index in [-0.39, 0.29) is 24.7 Å². The van der Waals surface area contributed by atoms with Gasteiger partial charge in [0.05, 0.1) is 24.3 Å². The second-order valence-electron chi connectivity index (χ2n) is 8.90. The van der Waals surface area contributed by atoms with Crippen LogP contribution in [0.4, 0.5) is 11.5 Å². The number of benzene rings is 2. The molecule has 0 aliphatic heterocycles. The molecule has 11 heteroatoms. The molecule has 0 spiro atoms. The number of pyridine rings is 1. The maximum absolute atomic E-state index is 12.8. The second kappa shape index (κ2) is 14.1. The van der Waals surface area contributed by atoms with Gasteiger partial charge in [-0.05, 0) is 42.2 Å². The molecule has 39 heavy (non-hydrogen) atoms. The van der Waals surface area contributed by atoms with Gasteiger partial charge in [0.1, 0.15) is 11.9 Å². The molecule has 0 aliphatic carbocycles. The third kappa shape index (κ3) is 9.47. The molecule has 0 bridgehead atoms. The van der Waals surface area contributed by atoms with Crippen molar-refractivity contribution >= 4 is 35.2 Å². The second-order valence-corrected chi connectivity index (χ2v) is 8.90. The highest BCUT2D eigenvalue weighted by Gasteiger charge is 2.22. The molecule has 3 aromatic rings. The number of guanidine groups is 1. The van der Waals surface area contributed by atoms with Crippen LogP contribution < -0.4 is 27.4 Å². The van der Waals surface area contributed by atoms with E-state index in [9.17, 15) is 19.5 Å². The molecule has 11 nitrogen and oxygen atoms in total. The Bertz CT molecular complexity index is 1280. The van der Waals surface area contributed by atoms with Gasteiger partial charge in [-0.2, -0.15) is 0 Å². The van der Waals surface area contributed by atoms with Crippen LogP contribution in [0.1, 0.15) is 37.8 Å². The molecule has 0 radical (unpaired) electrons. The molecular formula is C28H33N7O4.